The zero-order valence-corrected chi connectivity index (χ0v) is 13.0. The van der Waals surface area contributed by atoms with Crippen LogP contribution in [-0.4, -0.2) is 7.05 Å². The van der Waals surface area contributed by atoms with Crippen molar-refractivity contribution in [2.75, 3.05) is 7.05 Å². The maximum Gasteiger partial charge on any atom is 0.0346 e. The maximum absolute atomic E-state index is 3.59. The van der Waals surface area contributed by atoms with Crippen LogP contribution in [0.5, 0.6) is 0 Å². The average molecular weight is 285 g/mol. The lowest BCUT2D eigenvalue weighted by molar-refractivity contribution is 0.285. The first kappa shape index (κ1) is 12.8. The molecule has 1 N–H and O–H groups in total. The van der Waals surface area contributed by atoms with Crippen LogP contribution in [0.3, 0.4) is 0 Å². The molecule has 0 saturated heterocycles. The lowest BCUT2D eigenvalue weighted by Gasteiger charge is -2.26. The molecule has 0 amide bonds. The van der Waals surface area contributed by atoms with Crippen LogP contribution in [0.4, 0.5) is 0 Å². The minimum absolute atomic E-state index is 0.538. The van der Waals surface area contributed by atoms with Gasteiger partial charge in [-0.2, -0.15) is 0 Å². The summed E-state index contributed by atoms with van der Waals surface area (Å²) in [5, 5.41) is 7.42. The summed E-state index contributed by atoms with van der Waals surface area (Å²) in [4.78, 5) is 0. The summed E-state index contributed by atoms with van der Waals surface area (Å²) in [6, 6.07) is 9.38. The molecule has 0 aliphatic heterocycles. The van der Waals surface area contributed by atoms with E-state index in [2.05, 4.69) is 42.0 Å². The van der Waals surface area contributed by atoms with Gasteiger partial charge in [-0.1, -0.05) is 24.6 Å². The second-order valence-corrected chi connectivity index (χ2v) is 7.61. The number of fused-ring (bicyclic) bond motifs is 3. The van der Waals surface area contributed by atoms with Crippen molar-refractivity contribution in [1.82, 2.24) is 5.32 Å². The van der Waals surface area contributed by atoms with Gasteiger partial charge in [-0.15, -0.1) is 11.3 Å². The van der Waals surface area contributed by atoms with Gasteiger partial charge in [0.25, 0.3) is 0 Å². The van der Waals surface area contributed by atoms with E-state index < -0.39 is 0 Å². The molecule has 0 radical (unpaired) electrons. The lowest BCUT2D eigenvalue weighted by atomic mass is 9.83. The molecule has 1 heterocycles. The molecule has 0 spiro atoms. The third-order valence-corrected chi connectivity index (χ3v) is 6.64. The molecule has 2 heteroatoms. The van der Waals surface area contributed by atoms with E-state index in [9.17, 15) is 0 Å². The Morgan fingerprint density at radius 1 is 1.25 bits per heavy atom. The van der Waals surface area contributed by atoms with E-state index in [1.807, 2.05) is 11.3 Å². The van der Waals surface area contributed by atoms with Crippen LogP contribution in [-0.2, 0) is 0 Å². The largest absolute Gasteiger partial charge is 0.313 e. The number of hydrogen-bond donors (Lipinski definition) is 1. The fraction of sp³-hybridized carbons (Fsp3) is 0.556. The van der Waals surface area contributed by atoms with Gasteiger partial charge >= 0.3 is 0 Å². The van der Waals surface area contributed by atoms with Crippen molar-refractivity contribution >= 4 is 21.4 Å². The molecule has 1 nitrogen and oxygen atoms in total. The van der Waals surface area contributed by atoms with Gasteiger partial charge in [-0.05, 0) is 72.9 Å². The van der Waals surface area contributed by atoms with Gasteiger partial charge in [-0.25, -0.2) is 0 Å². The Morgan fingerprint density at radius 2 is 2.15 bits per heavy atom. The Kier molecular flexibility index (Phi) is 3.31. The molecule has 2 aliphatic carbocycles. The second kappa shape index (κ2) is 5.16. The van der Waals surface area contributed by atoms with Crippen molar-refractivity contribution in [3.63, 3.8) is 0 Å². The first-order valence-electron chi connectivity index (χ1n) is 7.98. The van der Waals surface area contributed by atoms with Crippen molar-refractivity contribution in [3.05, 3.63) is 35.2 Å². The number of hydrogen-bond acceptors (Lipinski definition) is 2. The summed E-state index contributed by atoms with van der Waals surface area (Å²) in [6.45, 7) is 0. The fourth-order valence-corrected chi connectivity index (χ4v) is 5.65. The quantitative estimate of drug-likeness (QED) is 0.834. The molecule has 2 saturated carbocycles. The molecular formula is C18H23NS. The van der Waals surface area contributed by atoms with E-state index in [1.165, 1.54) is 47.8 Å². The van der Waals surface area contributed by atoms with Gasteiger partial charge in [0, 0.05) is 10.7 Å². The van der Waals surface area contributed by atoms with Crippen LogP contribution in [0.1, 0.15) is 43.7 Å². The molecule has 4 unspecified atom stereocenters. The highest BCUT2D eigenvalue weighted by Crippen LogP contribution is 2.51. The van der Waals surface area contributed by atoms with Crippen LogP contribution in [0.2, 0.25) is 0 Å². The van der Waals surface area contributed by atoms with Crippen molar-refractivity contribution in [1.29, 1.82) is 0 Å². The highest BCUT2D eigenvalue weighted by Gasteiger charge is 2.40. The average Bonchev–Trinajstić information content (AvgIpc) is 3.19. The fourth-order valence-electron chi connectivity index (χ4n) is 4.64. The topological polar surface area (TPSA) is 12.0 Å². The van der Waals surface area contributed by atoms with Crippen molar-refractivity contribution < 1.29 is 0 Å². The van der Waals surface area contributed by atoms with Gasteiger partial charge in [0.15, 0.2) is 0 Å². The lowest BCUT2D eigenvalue weighted by Crippen LogP contribution is -2.22. The molecule has 2 fully saturated rings. The predicted octanol–water partition coefficient (Wildman–Crippen LogP) is 4.99. The van der Waals surface area contributed by atoms with Crippen LogP contribution >= 0.6 is 11.3 Å². The van der Waals surface area contributed by atoms with E-state index >= 15 is 0 Å². The summed E-state index contributed by atoms with van der Waals surface area (Å²) in [5.41, 5.74) is 1.52. The molecule has 2 bridgehead atoms. The van der Waals surface area contributed by atoms with E-state index in [4.69, 9.17) is 0 Å². The van der Waals surface area contributed by atoms with E-state index in [-0.39, 0.29) is 0 Å². The zero-order chi connectivity index (χ0) is 13.5. The highest BCUT2D eigenvalue weighted by atomic mass is 32.1. The van der Waals surface area contributed by atoms with Crippen LogP contribution < -0.4 is 5.32 Å². The summed E-state index contributed by atoms with van der Waals surface area (Å²) >= 11 is 1.89. The third kappa shape index (κ3) is 2.10. The highest BCUT2D eigenvalue weighted by molar-refractivity contribution is 7.17. The van der Waals surface area contributed by atoms with Gasteiger partial charge in [-0.3, -0.25) is 0 Å². The minimum Gasteiger partial charge on any atom is -0.313 e. The number of benzene rings is 1. The van der Waals surface area contributed by atoms with E-state index in [0.717, 1.165) is 17.8 Å². The Labute approximate surface area is 125 Å². The van der Waals surface area contributed by atoms with Crippen molar-refractivity contribution in [2.45, 2.75) is 38.1 Å². The maximum atomic E-state index is 3.59. The molecule has 20 heavy (non-hydrogen) atoms. The first-order valence-corrected chi connectivity index (χ1v) is 8.86. The van der Waals surface area contributed by atoms with Crippen molar-refractivity contribution in [2.24, 2.45) is 17.8 Å². The predicted molar refractivity (Wildman–Crippen MR) is 87.2 cm³/mol. The smallest absolute Gasteiger partial charge is 0.0346 e. The van der Waals surface area contributed by atoms with Gasteiger partial charge < -0.3 is 5.32 Å². The third-order valence-electron chi connectivity index (χ3n) is 5.66. The van der Waals surface area contributed by atoms with Crippen molar-refractivity contribution in [3.8, 4) is 0 Å². The first-order chi connectivity index (χ1) is 9.85. The molecule has 106 valence electrons. The number of nitrogens with one attached hydrogen (secondary N) is 1. The van der Waals surface area contributed by atoms with Crippen LogP contribution in [0, 0.1) is 17.8 Å². The monoisotopic (exact) mass is 285 g/mol. The summed E-state index contributed by atoms with van der Waals surface area (Å²) in [6.07, 6.45) is 7.34. The summed E-state index contributed by atoms with van der Waals surface area (Å²) in [5.74, 6) is 3.05. The summed E-state index contributed by atoms with van der Waals surface area (Å²) in [7, 11) is 2.13. The Morgan fingerprint density at radius 3 is 2.90 bits per heavy atom. The number of rotatable bonds is 4. The molecular weight excluding hydrogens is 262 g/mol. The molecule has 4 rings (SSSR count). The molecule has 2 aliphatic rings. The van der Waals surface area contributed by atoms with Gasteiger partial charge in [0.05, 0.1) is 0 Å². The number of thiophene rings is 1. The Hall–Kier alpha value is -0.860. The molecule has 4 atom stereocenters. The normalized spacial score (nSPS) is 30.1. The second-order valence-electron chi connectivity index (χ2n) is 6.70. The Bertz CT molecular complexity index is 602. The van der Waals surface area contributed by atoms with E-state index in [0.29, 0.717) is 6.04 Å². The minimum atomic E-state index is 0.538. The standard InChI is InChI=1S/C18H23NS/c1-19-17(10-14-9-12-6-7-13(14)8-12)16-11-20-18-5-3-2-4-15(16)18/h2-5,11-14,17,19H,6-10H2,1H3. The van der Waals surface area contributed by atoms with E-state index in [1.54, 1.807) is 0 Å². The molecule has 2 aromatic rings. The summed E-state index contributed by atoms with van der Waals surface area (Å²) < 4.78 is 1.43. The van der Waals surface area contributed by atoms with Gasteiger partial charge in [0.2, 0.25) is 0 Å². The van der Waals surface area contributed by atoms with Crippen LogP contribution in [0.15, 0.2) is 29.6 Å². The van der Waals surface area contributed by atoms with Crippen LogP contribution in [0.25, 0.3) is 10.1 Å². The SMILES string of the molecule is CNC(CC1CC2CCC1C2)c1csc2ccccc12. The zero-order valence-electron chi connectivity index (χ0n) is 12.1. The van der Waals surface area contributed by atoms with Gasteiger partial charge in [0.1, 0.15) is 0 Å². The molecule has 1 aromatic carbocycles. The Balaban J connectivity index is 1.58. The molecule has 1 aromatic heterocycles.